The zero-order chi connectivity index (χ0) is 12.3. The molecule has 6 nitrogen and oxygen atoms in total. The second-order valence-corrected chi connectivity index (χ2v) is 4.86. The molecule has 1 saturated heterocycles. The molecule has 0 radical (unpaired) electrons. The van der Waals surface area contributed by atoms with Crippen LogP contribution in [0.1, 0.15) is 17.3 Å². The van der Waals surface area contributed by atoms with Gasteiger partial charge in [0.15, 0.2) is 0 Å². The Kier molecular flexibility index (Phi) is 4.03. The van der Waals surface area contributed by atoms with Gasteiger partial charge >= 0.3 is 0 Å². The maximum Gasteiger partial charge on any atom is 0.254 e. The van der Waals surface area contributed by atoms with E-state index in [1.165, 1.54) is 23.3 Å². The van der Waals surface area contributed by atoms with E-state index in [0.29, 0.717) is 17.7 Å². The standard InChI is InChI=1S/C10H15N3O3S/c1-13(8(14)6-15-2)10-12-11-9(17-10)7-3-4-16-5-7/h7H,3-6H2,1-2H3. The summed E-state index contributed by atoms with van der Waals surface area (Å²) in [5.41, 5.74) is 0. The SMILES string of the molecule is COCC(=O)N(C)c1nnc(C2CCOC2)s1. The molecule has 94 valence electrons. The van der Waals surface area contributed by atoms with E-state index < -0.39 is 0 Å². The van der Waals surface area contributed by atoms with E-state index in [9.17, 15) is 4.79 Å². The number of rotatable bonds is 4. The van der Waals surface area contributed by atoms with Gasteiger partial charge in [0, 0.05) is 26.7 Å². The number of methoxy groups -OCH3 is 1. The number of anilines is 1. The first-order valence-corrected chi connectivity index (χ1v) is 6.20. The third kappa shape index (κ3) is 2.80. The van der Waals surface area contributed by atoms with E-state index in [2.05, 4.69) is 10.2 Å². The van der Waals surface area contributed by atoms with Crippen molar-refractivity contribution in [1.82, 2.24) is 10.2 Å². The lowest BCUT2D eigenvalue weighted by atomic mass is 10.1. The van der Waals surface area contributed by atoms with Crippen molar-refractivity contribution in [2.75, 3.05) is 38.9 Å². The average molecular weight is 257 g/mol. The minimum absolute atomic E-state index is 0.0535. The van der Waals surface area contributed by atoms with Gasteiger partial charge in [-0.05, 0) is 6.42 Å². The molecular weight excluding hydrogens is 242 g/mol. The van der Waals surface area contributed by atoms with Gasteiger partial charge in [-0.3, -0.25) is 9.69 Å². The van der Waals surface area contributed by atoms with E-state index in [1.54, 1.807) is 7.05 Å². The van der Waals surface area contributed by atoms with E-state index in [1.807, 2.05) is 0 Å². The highest BCUT2D eigenvalue weighted by molar-refractivity contribution is 7.15. The van der Waals surface area contributed by atoms with Gasteiger partial charge in [-0.15, -0.1) is 10.2 Å². The zero-order valence-electron chi connectivity index (χ0n) is 9.88. The molecular formula is C10H15N3O3S. The molecule has 1 amide bonds. The fourth-order valence-electron chi connectivity index (χ4n) is 1.58. The van der Waals surface area contributed by atoms with Gasteiger partial charge in [-0.1, -0.05) is 11.3 Å². The minimum atomic E-state index is -0.127. The molecule has 1 atom stereocenters. The molecule has 0 aromatic carbocycles. The Morgan fingerprint density at radius 1 is 1.65 bits per heavy atom. The fourth-order valence-corrected chi connectivity index (χ4v) is 2.52. The largest absolute Gasteiger partial charge is 0.381 e. The highest BCUT2D eigenvalue weighted by Gasteiger charge is 2.23. The third-order valence-electron chi connectivity index (χ3n) is 2.64. The second kappa shape index (κ2) is 5.52. The van der Waals surface area contributed by atoms with E-state index in [4.69, 9.17) is 9.47 Å². The number of aromatic nitrogens is 2. The van der Waals surface area contributed by atoms with Crippen LogP contribution in [-0.4, -0.2) is 50.1 Å². The second-order valence-electron chi connectivity index (χ2n) is 3.87. The Bertz CT molecular complexity index is 390. The number of ether oxygens (including phenoxy) is 2. The van der Waals surface area contributed by atoms with Crippen LogP contribution in [-0.2, 0) is 14.3 Å². The van der Waals surface area contributed by atoms with Crippen molar-refractivity contribution in [2.45, 2.75) is 12.3 Å². The number of hydrogen-bond donors (Lipinski definition) is 0. The topological polar surface area (TPSA) is 64.5 Å². The molecule has 7 heteroatoms. The molecule has 1 aliphatic heterocycles. The van der Waals surface area contributed by atoms with Crippen molar-refractivity contribution in [3.8, 4) is 0 Å². The maximum absolute atomic E-state index is 11.6. The van der Waals surface area contributed by atoms with E-state index >= 15 is 0 Å². The summed E-state index contributed by atoms with van der Waals surface area (Å²) >= 11 is 1.44. The van der Waals surface area contributed by atoms with Crippen LogP contribution in [0.2, 0.25) is 0 Å². The summed E-state index contributed by atoms with van der Waals surface area (Å²) < 4.78 is 10.1. The molecule has 1 aromatic heterocycles. The van der Waals surface area contributed by atoms with Crippen LogP contribution in [0.4, 0.5) is 5.13 Å². The first-order chi connectivity index (χ1) is 8.22. The lowest BCUT2D eigenvalue weighted by Gasteiger charge is -2.11. The Morgan fingerprint density at radius 2 is 2.47 bits per heavy atom. The summed E-state index contributed by atoms with van der Waals surface area (Å²) in [5.74, 6) is 0.199. The Morgan fingerprint density at radius 3 is 3.12 bits per heavy atom. The van der Waals surface area contributed by atoms with Crippen LogP contribution in [0, 0.1) is 0 Å². The summed E-state index contributed by atoms with van der Waals surface area (Å²) in [6.45, 7) is 1.53. The molecule has 0 N–H and O–H groups in total. The molecule has 0 saturated carbocycles. The maximum atomic E-state index is 11.6. The molecule has 17 heavy (non-hydrogen) atoms. The number of amides is 1. The lowest BCUT2D eigenvalue weighted by molar-refractivity contribution is -0.121. The summed E-state index contributed by atoms with van der Waals surface area (Å²) in [4.78, 5) is 13.1. The Labute approximate surface area is 104 Å². The number of likely N-dealkylation sites (N-methyl/N-ethyl adjacent to an activating group) is 1. The molecule has 0 spiro atoms. The molecule has 1 unspecified atom stereocenters. The average Bonchev–Trinajstić information content (AvgIpc) is 2.98. The van der Waals surface area contributed by atoms with Gasteiger partial charge in [0.25, 0.3) is 5.91 Å². The highest BCUT2D eigenvalue weighted by Crippen LogP contribution is 2.30. The van der Waals surface area contributed by atoms with Crippen LogP contribution < -0.4 is 4.90 Å². The van der Waals surface area contributed by atoms with Crippen molar-refractivity contribution in [3.63, 3.8) is 0 Å². The lowest BCUT2D eigenvalue weighted by Crippen LogP contribution is -2.29. The van der Waals surface area contributed by atoms with Crippen LogP contribution in [0.25, 0.3) is 0 Å². The number of hydrogen-bond acceptors (Lipinski definition) is 6. The van der Waals surface area contributed by atoms with Gasteiger partial charge in [0.2, 0.25) is 5.13 Å². The van der Waals surface area contributed by atoms with Gasteiger partial charge < -0.3 is 9.47 Å². The number of nitrogens with zero attached hydrogens (tertiary/aromatic N) is 3. The van der Waals surface area contributed by atoms with Gasteiger partial charge in [-0.25, -0.2) is 0 Å². The highest BCUT2D eigenvalue weighted by atomic mass is 32.1. The van der Waals surface area contributed by atoms with Crippen molar-refractivity contribution in [2.24, 2.45) is 0 Å². The van der Waals surface area contributed by atoms with Crippen LogP contribution in [0.3, 0.4) is 0 Å². The molecule has 1 fully saturated rings. The summed E-state index contributed by atoms with van der Waals surface area (Å²) in [5, 5.41) is 9.69. The fraction of sp³-hybridized carbons (Fsp3) is 0.700. The van der Waals surface area contributed by atoms with Gasteiger partial charge in [-0.2, -0.15) is 0 Å². The molecule has 2 heterocycles. The monoisotopic (exact) mass is 257 g/mol. The molecule has 2 rings (SSSR count). The van der Waals surface area contributed by atoms with Crippen LogP contribution in [0.15, 0.2) is 0 Å². The number of carbonyl (C=O) groups excluding carboxylic acids is 1. The quantitative estimate of drug-likeness (QED) is 0.792. The van der Waals surface area contributed by atoms with Crippen molar-refractivity contribution >= 4 is 22.4 Å². The normalized spacial score (nSPS) is 19.5. The summed E-state index contributed by atoms with van der Waals surface area (Å²) in [6.07, 6.45) is 0.977. The Hall–Kier alpha value is -1.05. The predicted octanol–water partition coefficient (Wildman–Crippen LogP) is 0.651. The smallest absolute Gasteiger partial charge is 0.254 e. The first kappa shape index (κ1) is 12.4. The minimum Gasteiger partial charge on any atom is -0.381 e. The first-order valence-electron chi connectivity index (χ1n) is 5.39. The van der Waals surface area contributed by atoms with E-state index in [0.717, 1.165) is 18.0 Å². The van der Waals surface area contributed by atoms with Crippen LogP contribution >= 0.6 is 11.3 Å². The van der Waals surface area contributed by atoms with E-state index in [-0.39, 0.29) is 12.5 Å². The van der Waals surface area contributed by atoms with Gasteiger partial charge in [0.1, 0.15) is 11.6 Å². The molecule has 1 aliphatic rings. The van der Waals surface area contributed by atoms with Crippen molar-refractivity contribution in [1.29, 1.82) is 0 Å². The summed E-state index contributed by atoms with van der Waals surface area (Å²) in [7, 11) is 3.17. The van der Waals surface area contributed by atoms with Gasteiger partial charge in [0.05, 0.1) is 6.61 Å². The van der Waals surface area contributed by atoms with Crippen molar-refractivity contribution < 1.29 is 14.3 Å². The summed E-state index contributed by atoms with van der Waals surface area (Å²) in [6, 6.07) is 0. The third-order valence-corrected chi connectivity index (χ3v) is 3.80. The van der Waals surface area contributed by atoms with Crippen molar-refractivity contribution in [3.05, 3.63) is 5.01 Å². The molecule has 0 bridgehead atoms. The zero-order valence-corrected chi connectivity index (χ0v) is 10.7. The van der Waals surface area contributed by atoms with Crippen LogP contribution in [0.5, 0.6) is 0 Å². The molecule has 1 aromatic rings. The number of carbonyl (C=O) groups is 1. The predicted molar refractivity (Wildman–Crippen MR) is 63.4 cm³/mol. The molecule has 0 aliphatic carbocycles. The Balaban J connectivity index is 2.04.